The summed E-state index contributed by atoms with van der Waals surface area (Å²) in [6, 6.07) is 7.88. The smallest absolute Gasteiger partial charge is 0.220 e. The lowest BCUT2D eigenvalue weighted by Gasteiger charge is -2.15. The Bertz CT molecular complexity index is 430. The predicted molar refractivity (Wildman–Crippen MR) is 54.2 cm³/mol. The number of nitrogens with two attached hydrogens (primary N) is 1. The lowest BCUT2D eigenvalue weighted by molar-refractivity contribution is 0.765. The molecule has 0 aliphatic rings. The van der Waals surface area contributed by atoms with Gasteiger partial charge in [-0.1, -0.05) is 12.1 Å². The molecule has 1 aromatic carbocycles. The minimum absolute atomic E-state index is 0.520. The van der Waals surface area contributed by atoms with E-state index in [4.69, 9.17) is 5.73 Å². The van der Waals surface area contributed by atoms with Crippen LogP contribution in [0.3, 0.4) is 0 Å². The molecule has 0 atom stereocenters. The number of para-hydroxylation sites is 2. The van der Waals surface area contributed by atoms with Crippen molar-refractivity contribution in [3.63, 3.8) is 0 Å². The summed E-state index contributed by atoms with van der Waals surface area (Å²) in [5.41, 5.74) is 7.72. The fraction of sp³-hybridized carbons (Fsp3) is 0.222. The number of benzene rings is 1. The van der Waals surface area contributed by atoms with Crippen molar-refractivity contribution < 1.29 is 0 Å². The van der Waals surface area contributed by atoms with Crippen molar-refractivity contribution in [1.29, 1.82) is 0 Å². The van der Waals surface area contributed by atoms with Gasteiger partial charge >= 0.3 is 0 Å². The number of imidazole rings is 1. The number of aromatic nitrogens is 2. The second-order valence-electron chi connectivity index (χ2n) is 3.12. The standard InChI is InChI=1S/C9H12N4/c1-12(2)13-8-6-4-3-5-7(8)11-9(13)10/h3-6H,1-2H3,(H2,10,11). The monoisotopic (exact) mass is 176 g/mol. The third-order valence-corrected chi connectivity index (χ3v) is 1.96. The fourth-order valence-electron chi connectivity index (χ4n) is 1.45. The van der Waals surface area contributed by atoms with Gasteiger partial charge in [-0.05, 0) is 12.1 Å². The first-order valence-corrected chi connectivity index (χ1v) is 4.10. The molecule has 0 aliphatic heterocycles. The van der Waals surface area contributed by atoms with E-state index in [9.17, 15) is 0 Å². The highest BCUT2D eigenvalue weighted by Gasteiger charge is 2.07. The van der Waals surface area contributed by atoms with E-state index in [2.05, 4.69) is 4.98 Å². The molecule has 1 heterocycles. The lowest BCUT2D eigenvalue weighted by Crippen LogP contribution is -2.25. The molecule has 4 nitrogen and oxygen atoms in total. The molecule has 2 aromatic rings. The van der Waals surface area contributed by atoms with Crippen LogP contribution < -0.4 is 10.7 Å². The summed E-state index contributed by atoms with van der Waals surface area (Å²) in [5.74, 6) is 0.520. The van der Waals surface area contributed by atoms with Gasteiger partial charge < -0.3 is 10.7 Å². The zero-order chi connectivity index (χ0) is 9.42. The van der Waals surface area contributed by atoms with Crippen molar-refractivity contribution in [2.24, 2.45) is 0 Å². The lowest BCUT2D eigenvalue weighted by atomic mass is 10.3. The molecule has 0 bridgehead atoms. The van der Waals surface area contributed by atoms with Crippen LogP contribution in [0.1, 0.15) is 0 Å². The molecule has 0 radical (unpaired) electrons. The third kappa shape index (κ3) is 1.11. The fourth-order valence-corrected chi connectivity index (χ4v) is 1.45. The Labute approximate surface area is 76.6 Å². The third-order valence-electron chi connectivity index (χ3n) is 1.96. The SMILES string of the molecule is CN(C)n1c(N)nc2ccccc21. The number of hydrogen-bond acceptors (Lipinski definition) is 3. The molecule has 0 spiro atoms. The molecular weight excluding hydrogens is 164 g/mol. The van der Waals surface area contributed by atoms with E-state index in [1.54, 1.807) is 0 Å². The van der Waals surface area contributed by atoms with Crippen molar-refractivity contribution in [3.8, 4) is 0 Å². The van der Waals surface area contributed by atoms with Gasteiger partial charge in [0, 0.05) is 14.1 Å². The Hall–Kier alpha value is -1.71. The Kier molecular flexibility index (Phi) is 1.62. The second kappa shape index (κ2) is 2.65. The van der Waals surface area contributed by atoms with E-state index < -0.39 is 0 Å². The summed E-state index contributed by atoms with van der Waals surface area (Å²) in [6.45, 7) is 0. The van der Waals surface area contributed by atoms with Crippen molar-refractivity contribution in [3.05, 3.63) is 24.3 Å². The van der Waals surface area contributed by atoms with Crippen LogP contribution in [0.25, 0.3) is 11.0 Å². The molecule has 2 N–H and O–H groups in total. The maximum atomic E-state index is 5.76. The first-order valence-electron chi connectivity index (χ1n) is 4.10. The van der Waals surface area contributed by atoms with E-state index in [1.165, 1.54) is 0 Å². The summed E-state index contributed by atoms with van der Waals surface area (Å²) >= 11 is 0. The van der Waals surface area contributed by atoms with Gasteiger partial charge in [-0.15, -0.1) is 0 Å². The minimum Gasteiger partial charge on any atom is -0.368 e. The summed E-state index contributed by atoms with van der Waals surface area (Å²) in [5, 5.41) is 1.91. The van der Waals surface area contributed by atoms with Gasteiger partial charge in [0.1, 0.15) is 0 Å². The van der Waals surface area contributed by atoms with Crippen LogP contribution in [0.4, 0.5) is 5.95 Å². The zero-order valence-electron chi connectivity index (χ0n) is 7.73. The molecule has 0 fully saturated rings. The van der Waals surface area contributed by atoms with E-state index in [0.717, 1.165) is 11.0 Å². The van der Waals surface area contributed by atoms with Gasteiger partial charge in [-0.2, -0.15) is 0 Å². The summed E-state index contributed by atoms with van der Waals surface area (Å²) in [4.78, 5) is 4.23. The van der Waals surface area contributed by atoms with Crippen LogP contribution in [-0.4, -0.2) is 23.8 Å². The summed E-state index contributed by atoms with van der Waals surface area (Å²) < 4.78 is 1.87. The number of fused-ring (bicyclic) bond motifs is 1. The maximum absolute atomic E-state index is 5.76. The van der Waals surface area contributed by atoms with E-state index >= 15 is 0 Å². The van der Waals surface area contributed by atoms with E-state index in [0.29, 0.717) is 5.95 Å². The Morgan fingerprint density at radius 3 is 2.69 bits per heavy atom. The zero-order valence-corrected chi connectivity index (χ0v) is 7.73. The van der Waals surface area contributed by atoms with Gasteiger partial charge in [-0.3, -0.25) is 0 Å². The molecule has 0 saturated carbocycles. The summed E-state index contributed by atoms with van der Waals surface area (Å²) in [6.07, 6.45) is 0. The normalized spacial score (nSPS) is 10.6. The second-order valence-corrected chi connectivity index (χ2v) is 3.12. The van der Waals surface area contributed by atoms with E-state index in [-0.39, 0.29) is 0 Å². The van der Waals surface area contributed by atoms with Gasteiger partial charge in [0.05, 0.1) is 11.0 Å². The number of anilines is 1. The highest BCUT2D eigenvalue weighted by atomic mass is 15.6. The van der Waals surface area contributed by atoms with Crippen molar-refractivity contribution in [1.82, 2.24) is 9.66 Å². The number of nitrogens with zero attached hydrogens (tertiary/aromatic N) is 3. The minimum atomic E-state index is 0.520. The Morgan fingerprint density at radius 2 is 2.00 bits per heavy atom. The molecule has 0 unspecified atom stereocenters. The average Bonchev–Trinajstić information content (AvgIpc) is 2.39. The van der Waals surface area contributed by atoms with Crippen LogP contribution in [-0.2, 0) is 0 Å². The molecule has 13 heavy (non-hydrogen) atoms. The molecule has 0 saturated heterocycles. The van der Waals surface area contributed by atoms with Crippen LogP contribution >= 0.6 is 0 Å². The molecule has 0 amide bonds. The molecule has 4 heteroatoms. The Morgan fingerprint density at radius 1 is 1.31 bits per heavy atom. The van der Waals surface area contributed by atoms with Gasteiger partial charge in [0.25, 0.3) is 0 Å². The first kappa shape index (κ1) is 7.91. The topological polar surface area (TPSA) is 47.1 Å². The molecule has 1 aromatic heterocycles. The highest BCUT2D eigenvalue weighted by Crippen LogP contribution is 2.16. The van der Waals surface area contributed by atoms with Gasteiger partial charge in [0.15, 0.2) is 0 Å². The molecule has 2 rings (SSSR count). The summed E-state index contributed by atoms with van der Waals surface area (Å²) in [7, 11) is 3.87. The first-order chi connectivity index (χ1) is 6.20. The highest BCUT2D eigenvalue weighted by molar-refractivity contribution is 5.78. The number of hydrogen-bond donors (Lipinski definition) is 1. The van der Waals surface area contributed by atoms with Crippen molar-refractivity contribution >= 4 is 17.0 Å². The van der Waals surface area contributed by atoms with Crippen LogP contribution in [0.2, 0.25) is 0 Å². The van der Waals surface area contributed by atoms with Crippen LogP contribution in [0.5, 0.6) is 0 Å². The quantitative estimate of drug-likeness (QED) is 0.699. The number of nitrogen functional groups attached to an aromatic ring is 1. The van der Waals surface area contributed by atoms with Gasteiger partial charge in [0.2, 0.25) is 5.95 Å². The number of rotatable bonds is 1. The largest absolute Gasteiger partial charge is 0.368 e. The van der Waals surface area contributed by atoms with E-state index in [1.807, 2.05) is 48.0 Å². The van der Waals surface area contributed by atoms with Crippen molar-refractivity contribution in [2.45, 2.75) is 0 Å². The maximum Gasteiger partial charge on any atom is 0.220 e. The van der Waals surface area contributed by atoms with Crippen LogP contribution in [0, 0.1) is 0 Å². The average molecular weight is 176 g/mol. The van der Waals surface area contributed by atoms with Crippen LogP contribution in [0.15, 0.2) is 24.3 Å². The molecule has 68 valence electrons. The predicted octanol–water partition coefficient (Wildman–Crippen LogP) is 0.816. The molecular formula is C9H12N4. The van der Waals surface area contributed by atoms with Crippen molar-refractivity contribution in [2.75, 3.05) is 24.8 Å². The Balaban J connectivity index is 2.78. The molecule has 0 aliphatic carbocycles. The van der Waals surface area contributed by atoms with Gasteiger partial charge in [-0.25, -0.2) is 9.66 Å².